The molecule has 13 aliphatic rings. The molecule has 13 fully saturated rings. The number of ether oxygens (including phenoxy) is 3. The third-order valence-electron chi connectivity index (χ3n) is 31.3. The summed E-state index contributed by atoms with van der Waals surface area (Å²) in [6.45, 7) is 10.9. The first-order chi connectivity index (χ1) is 68.7. The second-order valence-electron chi connectivity index (χ2n) is 43.8. The molecule has 4 heterocycles. The van der Waals surface area contributed by atoms with E-state index in [1.165, 1.54) is 214 Å². The fourth-order valence-electron chi connectivity index (χ4n) is 24.7. The van der Waals surface area contributed by atoms with Gasteiger partial charge in [0.15, 0.2) is 46.2 Å². The number of hydrogen-bond donors (Lipinski definition) is 0. The summed E-state index contributed by atoms with van der Waals surface area (Å²) in [6, 6.07) is 79.9. The number of Topliss-reactive ketones (excluding diaryl/α,β-unsaturated/α-hetero) is 2. The van der Waals surface area contributed by atoms with E-state index in [1.54, 1.807) is 12.0 Å². The molecular weight excluding hydrogens is 1930 g/mol. The number of alkyl halides is 10. The zero-order chi connectivity index (χ0) is 103. The topological polar surface area (TPSA) is 116 Å². The van der Waals surface area contributed by atoms with Crippen molar-refractivity contribution in [2.24, 2.45) is 58.2 Å². The summed E-state index contributed by atoms with van der Waals surface area (Å²) in [7, 11) is -3.30. The maximum Gasteiger partial charge on any atom is 0.427 e. The molecule has 0 spiro atoms. The van der Waals surface area contributed by atoms with Crippen LogP contribution in [0.5, 0.6) is 11.5 Å². The molecule has 10 saturated carbocycles. The summed E-state index contributed by atoms with van der Waals surface area (Å²) in [6.07, 6.45) is 34.4. The van der Waals surface area contributed by atoms with Crippen LogP contribution in [-0.2, 0) is 62.4 Å². The lowest BCUT2D eigenvalue weighted by molar-refractivity contribution is -0.272. The number of ketones is 2. The Labute approximate surface area is 860 Å². The van der Waals surface area contributed by atoms with Crippen molar-refractivity contribution >= 4 is 102 Å². The lowest BCUT2D eigenvalue weighted by Crippen LogP contribution is -2.61. The Morgan fingerprint density at radius 3 is 1.39 bits per heavy atom. The molecule has 3 saturated heterocycles. The number of sulfonamides is 1. The summed E-state index contributed by atoms with van der Waals surface area (Å²) in [5.41, 5.74) is 2.28. The number of carbonyl (C=O) groups excluding carboxylic acids is 3. The van der Waals surface area contributed by atoms with Gasteiger partial charge in [0, 0.05) is 88.8 Å². The van der Waals surface area contributed by atoms with Gasteiger partial charge in [-0.2, -0.15) is 39.4 Å². The lowest BCUT2D eigenvalue weighted by Gasteiger charge is -2.57. The molecule has 24 heteroatoms. The van der Waals surface area contributed by atoms with Gasteiger partial charge in [-0.05, 0) is 338 Å². The molecule has 23 rings (SSSR count). The van der Waals surface area contributed by atoms with Gasteiger partial charge in [-0.3, -0.25) is 14.4 Å². The maximum atomic E-state index is 13.8. The van der Waals surface area contributed by atoms with Gasteiger partial charge < -0.3 is 14.2 Å². The first kappa shape index (κ1) is 112. The molecule has 9 aromatic carbocycles. The third-order valence-corrected chi connectivity index (χ3v) is 42.7. The minimum Gasteiger partial charge on any atom is -0.496 e. The van der Waals surface area contributed by atoms with Crippen molar-refractivity contribution in [1.82, 2.24) is 4.31 Å². The normalized spacial score (nSPS) is 23.7. The number of benzene rings is 9. The third kappa shape index (κ3) is 28.4. The van der Waals surface area contributed by atoms with E-state index in [9.17, 15) is 66.7 Å². The molecule has 144 heavy (non-hydrogen) atoms. The summed E-state index contributed by atoms with van der Waals surface area (Å²) in [5, 5.41) is -0.429. The van der Waals surface area contributed by atoms with Crippen molar-refractivity contribution < 1.29 is 80.9 Å². The first-order valence-corrected chi connectivity index (χ1v) is 60.1. The van der Waals surface area contributed by atoms with Gasteiger partial charge in [0.1, 0.15) is 34.5 Å². The van der Waals surface area contributed by atoms with Gasteiger partial charge >= 0.3 is 29.0 Å². The molecule has 8 bridgehead atoms. The smallest absolute Gasteiger partial charge is 0.427 e. The highest BCUT2D eigenvalue weighted by atomic mass is 32.2. The molecule has 3 aliphatic heterocycles. The Morgan fingerprint density at radius 2 is 0.931 bits per heavy atom. The van der Waals surface area contributed by atoms with E-state index in [-0.39, 0.29) is 80.2 Å². The zero-order valence-electron chi connectivity index (χ0n) is 85.7. The minimum absolute atomic E-state index is 0.0146. The van der Waals surface area contributed by atoms with E-state index in [0.29, 0.717) is 64.3 Å². The number of thiophene rings is 1. The predicted molar refractivity (Wildman–Crippen MR) is 574 cm³/mol. The summed E-state index contributed by atoms with van der Waals surface area (Å²) >= 11 is 0. The number of halogens is 10. The second kappa shape index (κ2) is 49.7. The number of nitrogens with zero attached hydrogens (tertiary/aromatic N) is 1. The number of fused-ring (bicyclic) bond motifs is 5. The van der Waals surface area contributed by atoms with Crippen LogP contribution in [0, 0.1) is 58.2 Å². The van der Waals surface area contributed by atoms with Crippen molar-refractivity contribution in [3.63, 3.8) is 0 Å². The van der Waals surface area contributed by atoms with Gasteiger partial charge in [-0.15, -0.1) is 0 Å². The van der Waals surface area contributed by atoms with Crippen molar-refractivity contribution in [1.29, 1.82) is 0 Å². The summed E-state index contributed by atoms with van der Waals surface area (Å²) in [5.74, 6) is -5.82. The second-order valence-corrected chi connectivity index (χ2v) is 54.3. The van der Waals surface area contributed by atoms with E-state index in [2.05, 4.69) is 235 Å². The van der Waals surface area contributed by atoms with Crippen LogP contribution < -0.4 is 9.47 Å². The van der Waals surface area contributed by atoms with Crippen LogP contribution >= 0.6 is 10.5 Å². The van der Waals surface area contributed by atoms with Crippen LogP contribution in [0.1, 0.15) is 270 Å². The summed E-state index contributed by atoms with van der Waals surface area (Å²) in [4.78, 5) is 42.9. The molecule has 2 atom stereocenters. The Hall–Kier alpha value is -7.87. The van der Waals surface area contributed by atoms with E-state index in [1.807, 2.05) is 24.3 Å². The van der Waals surface area contributed by atoms with Crippen molar-refractivity contribution in [3.8, 4) is 16.4 Å². The molecule has 10 aromatic rings. The van der Waals surface area contributed by atoms with Crippen LogP contribution in [0.3, 0.4) is 0 Å². The number of carbonyl (C=O) groups is 3. The average Bonchev–Trinajstić information content (AvgIpc) is 1.07. The van der Waals surface area contributed by atoms with Gasteiger partial charge in [0.25, 0.3) is 15.9 Å². The fourth-order valence-corrected chi connectivity index (χ4v) is 35.5. The van der Waals surface area contributed by atoms with Crippen LogP contribution in [-0.4, -0.2) is 121 Å². The van der Waals surface area contributed by atoms with Crippen molar-refractivity contribution in [2.45, 2.75) is 314 Å². The molecule has 0 amide bonds. The lowest BCUT2D eigenvalue weighted by atomic mass is 9.48. The van der Waals surface area contributed by atoms with Crippen molar-refractivity contribution in [2.75, 3.05) is 55.6 Å². The minimum atomic E-state index is -5.98. The highest BCUT2D eigenvalue weighted by molar-refractivity contribution is 7.98. The molecular formula is C120H151F10NO8S5+4. The van der Waals surface area contributed by atoms with Gasteiger partial charge in [-0.25, -0.2) is 17.2 Å². The van der Waals surface area contributed by atoms with Crippen LogP contribution in [0.4, 0.5) is 43.9 Å². The monoisotopic (exact) mass is 2080 g/mol. The zero-order valence-corrected chi connectivity index (χ0v) is 89.8. The standard InChI is InChI=1S/C22H21S.C18H25O2S.C18H15S.C15H22F2O.C15H17OS.C14H20F2O2.C13H19F6NO2S.C5H12/c1-22(2,3)16-12-14-17(15-13-16)23-20-10-6-4-8-18(20)19-9-5-7-11-21(19)23;19-18(14-21-12-4-5-13-21)15-8-10-17(11-9-15)20-16-6-2-1-3-7-16;1-4-10-16(11-5-1)19(17-12-6-2-7-13-17)18-14-8-3-9-15-18;1-14(16,17)13(18)2-3-15-7-10-4-11(8-15)6-12(5-10)9-15;1-16-14-8-9-15(17-10-4-5-11-17)13-7-3-2-6-12(13)14;1-13(15,16)8-18-12(17)14-5-9-2-10(6-14)4-11(3-9)7-14;1-11(14,15)12(16,17)13(18,19)23(21,22)20-7-6-9-4-2-3-5-10(9)8-20;1-3-5-4-2/h4-15H,1-3H3;8-11,16H,1-7,12-14H2;1-15H;10-12H,2-9H2,1H3;2-3,6-9H,4-5,10-11H2,1H3;9-11H,2-8H2,1H3;9-10H,2-8H2,1H3;3-5H2,1-2H3/q3*+1;;+1;;;. The number of piperidine rings is 1. The van der Waals surface area contributed by atoms with E-state index < -0.39 is 63.7 Å². The molecule has 9 nitrogen and oxygen atoms in total. The Balaban J connectivity index is 0.000000132. The number of esters is 1. The molecule has 2 unspecified atom stereocenters. The molecule has 1 aromatic heterocycles. The Kier molecular flexibility index (Phi) is 38.6. The van der Waals surface area contributed by atoms with Crippen LogP contribution in [0.15, 0.2) is 244 Å². The van der Waals surface area contributed by atoms with Gasteiger partial charge in [-0.1, -0.05) is 189 Å². The quantitative estimate of drug-likeness (QED) is 0.0254. The van der Waals surface area contributed by atoms with E-state index in [4.69, 9.17) is 14.2 Å². The van der Waals surface area contributed by atoms with Crippen LogP contribution in [0.25, 0.3) is 35.8 Å². The Bertz CT molecular complexity index is 5670. The summed E-state index contributed by atoms with van der Waals surface area (Å²) < 4.78 is 175. The molecule has 10 aliphatic carbocycles. The van der Waals surface area contributed by atoms with Crippen LogP contribution in [0.2, 0.25) is 0 Å². The molecule has 780 valence electrons. The first-order valence-electron chi connectivity index (χ1n) is 52.9. The highest BCUT2D eigenvalue weighted by Crippen LogP contribution is 2.63. The Morgan fingerprint density at radius 1 is 0.479 bits per heavy atom. The van der Waals surface area contributed by atoms with E-state index >= 15 is 0 Å². The van der Waals surface area contributed by atoms with E-state index in [0.717, 1.165) is 92.9 Å². The molecule has 0 radical (unpaired) electrons. The fraction of sp³-hybridized carbons (Fsp3) is 0.542. The predicted octanol–water partition coefficient (Wildman–Crippen LogP) is 32.9. The largest absolute Gasteiger partial charge is 0.496 e. The number of methoxy groups -OCH3 is 1. The number of unbranched alkanes of at least 4 members (excludes halogenated alkanes) is 2. The highest BCUT2D eigenvalue weighted by Gasteiger charge is 2.77. The maximum absolute atomic E-state index is 13.8. The van der Waals surface area contributed by atoms with Gasteiger partial charge in [0.05, 0.1) is 29.5 Å². The van der Waals surface area contributed by atoms with Gasteiger partial charge in [0.2, 0.25) is 11.6 Å². The van der Waals surface area contributed by atoms with Crippen molar-refractivity contribution in [3.05, 3.63) is 236 Å². The average molecular weight is 2090 g/mol. The molecule has 0 N–H and O–H groups in total. The SMILES string of the molecule is CC(C)(C)c1ccc(-[s+]2c3ccccc3c3ccccc32)cc1.CC(F)(F)C(=O)CCC12CC3CC(CC(C3)C1)C2.CC(F)(F)C(F)(F)C(F)(F)S(=O)(=O)N1CCC2CCCCC2C1.CC(F)(F)COC(=O)C12CC3CC(CC(C3)C1)C2.CCCCC.COc1ccc([S+]2CCCC2)c2ccccc12.O=C(C[S+]1CCCC1)c1ccc(OC2CCCCC2)cc1.c1ccc([S+](c2ccccc2)c2ccccc2)cc1. The number of hydrogen-bond acceptors (Lipinski definition) is 8. The number of rotatable bonds is 24.